The van der Waals surface area contributed by atoms with Gasteiger partial charge in [0.1, 0.15) is 5.82 Å². The summed E-state index contributed by atoms with van der Waals surface area (Å²) in [6, 6.07) is 4.19. The van der Waals surface area contributed by atoms with Crippen LogP contribution in [0.25, 0.3) is 0 Å². The molecule has 5 heteroatoms. The molecule has 3 nitrogen and oxygen atoms in total. The van der Waals surface area contributed by atoms with Crippen LogP contribution in [0, 0.1) is 18.6 Å². The number of benzene rings is 1. The minimum absolute atomic E-state index is 0.201. The van der Waals surface area contributed by atoms with Gasteiger partial charge in [-0.25, -0.2) is 18.7 Å². The summed E-state index contributed by atoms with van der Waals surface area (Å²) >= 11 is 0. The van der Waals surface area contributed by atoms with Crippen molar-refractivity contribution in [2.45, 2.75) is 13.0 Å². The number of hydrogen-bond acceptors (Lipinski definition) is 3. The average Bonchev–Trinajstić information content (AvgIpc) is 2.41. The number of nitrogens with zero attached hydrogens (tertiary/aromatic N) is 2. The van der Waals surface area contributed by atoms with Gasteiger partial charge in [-0.3, -0.25) is 0 Å². The minimum atomic E-state index is -0.859. The van der Waals surface area contributed by atoms with E-state index in [9.17, 15) is 8.78 Å². The SMILES string of the molecule is CNC(c1ncccn1)c1ccc(C)c(F)c1F. The normalized spacial score (nSPS) is 12.4. The summed E-state index contributed by atoms with van der Waals surface area (Å²) in [7, 11) is 1.65. The molecule has 1 aromatic heterocycles. The van der Waals surface area contributed by atoms with E-state index in [2.05, 4.69) is 15.3 Å². The van der Waals surface area contributed by atoms with E-state index in [1.54, 1.807) is 37.6 Å². The maximum atomic E-state index is 13.9. The Hall–Kier alpha value is -1.88. The first-order valence-corrected chi connectivity index (χ1v) is 5.53. The minimum Gasteiger partial charge on any atom is -0.307 e. The maximum absolute atomic E-state index is 13.9. The van der Waals surface area contributed by atoms with E-state index >= 15 is 0 Å². The summed E-state index contributed by atoms with van der Waals surface area (Å²) in [5.41, 5.74) is 0.479. The van der Waals surface area contributed by atoms with Gasteiger partial charge in [0.2, 0.25) is 0 Å². The Morgan fingerprint density at radius 3 is 2.39 bits per heavy atom. The number of rotatable bonds is 3. The molecule has 0 radical (unpaired) electrons. The van der Waals surface area contributed by atoms with Crippen LogP contribution in [0.5, 0.6) is 0 Å². The molecule has 0 aliphatic carbocycles. The van der Waals surface area contributed by atoms with E-state index in [4.69, 9.17) is 0 Å². The lowest BCUT2D eigenvalue weighted by Crippen LogP contribution is -2.21. The number of nitrogens with one attached hydrogen (secondary N) is 1. The highest BCUT2D eigenvalue weighted by atomic mass is 19.2. The van der Waals surface area contributed by atoms with Gasteiger partial charge in [-0.2, -0.15) is 0 Å². The fraction of sp³-hybridized carbons (Fsp3) is 0.231. The first-order valence-electron chi connectivity index (χ1n) is 5.53. The van der Waals surface area contributed by atoms with Gasteiger partial charge in [0.25, 0.3) is 0 Å². The van der Waals surface area contributed by atoms with Gasteiger partial charge < -0.3 is 5.32 Å². The first kappa shape index (κ1) is 12.6. The molecule has 1 heterocycles. The van der Waals surface area contributed by atoms with Crippen LogP contribution in [0.4, 0.5) is 8.78 Å². The van der Waals surface area contributed by atoms with Gasteiger partial charge in [0.15, 0.2) is 11.6 Å². The molecule has 0 bridgehead atoms. The molecule has 0 spiro atoms. The zero-order valence-electron chi connectivity index (χ0n) is 10.1. The van der Waals surface area contributed by atoms with Crippen LogP contribution in [0.1, 0.15) is 23.0 Å². The molecule has 1 atom stereocenters. The second-order valence-electron chi connectivity index (χ2n) is 3.93. The zero-order chi connectivity index (χ0) is 13.1. The van der Waals surface area contributed by atoms with Crippen LogP contribution in [-0.2, 0) is 0 Å². The molecule has 2 aromatic rings. The highest BCUT2D eigenvalue weighted by Gasteiger charge is 2.21. The fourth-order valence-electron chi connectivity index (χ4n) is 1.77. The molecule has 18 heavy (non-hydrogen) atoms. The summed E-state index contributed by atoms with van der Waals surface area (Å²) < 4.78 is 27.5. The zero-order valence-corrected chi connectivity index (χ0v) is 10.1. The van der Waals surface area contributed by atoms with Crippen LogP contribution in [-0.4, -0.2) is 17.0 Å². The quantitative estimate of drug-likeness (QED) is 0.907. The standard InChI is InChI=1S/C13H13F2N3/c1-8-4-5-9(11(15)10(8)14)12(16-2)13-17-6-3-7-18-13/h3-7,12,16H,1-2H3. The molecule has 0 saturated carbocycles. The van der Waals surface area contributed by atoms with Crippen molar-refractivity contribution >= 4 is 0 Å². The molecular weight excluding hydrogens is 236 g/mol. The Bertz CT molecular complexity index is 543. The highest BCUT2D eigenvalue weighted by molar-refractivity contribution is 5.31. The third-order valence-electron chi connectivity index (χ3n) is 2.75. The molecule has 0 fully saturated rings. The lowest BCUT2D eigenvalue weighted by Gasteiger charge is -2.16. The Labute approximate surface area is 104 Å². The second kappa shape index (κ2) is 5.18. The van der Waals surface area contributed by atoms with Crippen molar-refractivity contribution in [1.82, 2.24) is 15.3 Å². The monoisotopic (exact) mass is 249 g/mol. The third-order valence-corrected chi connectivity index (χ3v) is 2.75. The fourth-order valence-corrected chi connectivity index (χ4v) is 1.77. The smallest absolute Gasteiger partial charge is 0.164 e. The van der Waals surface area contributed by atoms with Crippen molar-refractivity contribution in [3.8, 4) is 0 Å². The van der Waals surface area contributed by atoms with E-state index in [1.165, 1.54) is 6.92 Å². The Balaban J connectivity index is 2.50. The first-order chi connectivity index (χ1) is 8.65. The molecule has 0 aliphatic rings. The van der Waals surface area contributed by atoms with Crippen LogP contribution < -0.4 is 5.32 Å². The van der Waals surface area contributed by atoms with Crippen molar-refractivity contribution < 1.29 is 8.78 Å². The summed E-state index contributed by atoms with van der Waals surface area (Å²) in [6.45, 7) is 1.52. The Kier molecular flexibility index (Phi) is 3.62. The summed E-state index contributed by atoms with van der Waals surface area (Å²) in [4.78, 5) is 8.11. The lowest BCUT2D eigenvalue weighted by atomic mass is 10.0. The van der Waals surface area contributed by atoms with Gasteiger partial charge in [0.05, 0.1) is 6.04 Å². The molecule has 0 amide bonds. The lowest BCUT2D eigenvalue weighted by molar-refractivity contribution is 0.479. The van der Waals surface area contributed by atoms with Crippen molar-refractivity contribution in [3.63, 3.8) is 0 Å². The van der Waals surface area contributed by atoms with Crippen molar-refractivity contribution in [1.29, 1.82) is 0 Å². The summed E-state index contributed by atoms with van der Waals surface area (Å²) in [5.74, 6) is -1.28. The van der Waals surface area contributed by atoms with Crippen LogP contribution >= 0.6 is 0 Å². The molecule has 1 N–H and O–H groups in total. The van der Waals surface area contributed by atoms with E-state index in [-0.39, 0.29) is 11.1 Å². The van der Waals surface area contributed by atoms with Gasteiger partial charge in [-0.1, -0.05) is 12.1 Å². The van der Waals surface area contributed by atoms with Gasteiger partial charge in [-0.15, -0.1) is 0 Å². The van der Waals surface area contributed by atoms with Gasteiger partial charge in [-0.05, 0) is 25.6 Å². The Morgan fingerprint density at radius 1 is 1.11 bits per heavy atom. The molecule has 94 valence electrons. The second-order valence-corrected chi connectivity index (χ2v) is 3.93. The number of halogens is 2. The van der Waals surface area contributed by atoms with Gasteiger partial charge in [0, 0.05) is 18.0 Å². The van der Waals surface area contributed by atoms with Crippen molar-refractivity contribution in [3.05, 3.63) is 59.2 Å². The molecule has 1 aromatic carbocycles. The molecule has 1 unspecified atom stereocenters. The van der Waals surface area contributed by atoms with Gasteiger partial charge >= 0.3 is 0 Å². The predicted octanol–water partition coefficient (Wildman–Crippen LogP) is 2.37. The topological polar surface area (TPSA) is 37.8 Å². The molecule has 2 rings (SSSR count). The van der Waals surface area contributed by atoms with E-state index < -0.39 is 17.7 Å². The summed E-state index contributed by atoms with van der Waals surface area (Å²) in [5, 5.41) is 2.89. The predicted molar refractivity (Wildman–Crippen MR) is 64.0 cm³/mol. The highest BCUT2D eigenvalue weighted by Crippen LogP contribution is 2.24. The third kappa shape index (κ3) is 2.22. The summed E-state index contributed by atoms with van der Waals surface area (Å²) in [6.07, 6.45) is 3.13. The van der Waals surface area contributed by atoms with E-state index in [1.807, 2.05) is 0 Å². The largest absolute Gasteiger partial charge is 0.307 e. The molecule has 0 saturated heterocycles. The number of aryl methyl sites for hydroxylation is 1. The van der Waals surface area contributed by atoms with Crippen LogP contribution in [0.3, 0.4) is 0 Å². The van der Waals surface area contributed by atoms with Crippen LogP contribution in [0.15, 0.2) is 30.6 Å². The van der Waals surface area contributed by atoms with Crippen LogP contribution in [0.2, 0.25) is 0 Å². The number of aromatic nitrogens is 2. The number of hydrogen-bond donors (Lipinski definition) is 1. The Morgan fingerprint density at radius 2 is 1.78 bits per heavy atom. The van der Waals surface area contributed by atoms with E-state index in [0.717, 1.165) is 0 Å². The maximum Gasteiger partial charge on any atom is 0.164 e. The average molecular weight is 249 g/mol. The van der Waals surface area contributed by atoms with Crippen molar-refractivity contribution in [2.24, 2.45) is 0 Å². The molecule has 0 aliphatic heterocycles. The van der Waals surface area contributed by atoms with E-state index in [0.29, 0.717) is 5.82 Å². The molecular formula is C13H13F2N3. The van der Waals surface area contributed by atoms with Crippen molar-refractivity contribution in [2.75, 3.05) is 7.05 Å².